The van der Waals surface area contributed by atoms with Crippen molar-refractivity contribution < 1.29 is 14.0 Å². The molecule has 0 spiro atoms. The standard InChI is InChI=1S/C22H32FN5O2/c1-15-7-8-17(13-19(15)23)20(29)25-10-11-26-22(24-2)27-18-9-12-28(14-18)21(30)16-5-3-4-6-16/h7-8,13,16,18H,3-6,9-12,14H2,1-2H3,(H,25,29)(H2,24,26,27). The van der Waals surface area contributed by atoms with E-state index in [9.17, 15) is 14.0 Å². The predicted octanol–water partition coefficient (Wildman–Crippen LogP) is 1.82. The summed E-state index contributed by atoms with van der Waals surface area (Å²) in [5.41, 5.74) is 0.817. The van der Waals surface area contributed by atoms with Crippen LogP contribution in [0.15, 0.2) is 23.2 Å². The topological polar surface area (TPSA) is 85.8 Å². The zero-order valence-corrected chi connectivity index (χ0v) is 17.8. The van der Waals surface area contributed by atoms with Crippen LogP contribution in [0.2, 0.25) is 0 Å². The summed E-state index contributed by atoms with van der Waals surface area (Å²) in [5.74, 6) is 0.463. The molecule has 0 aromatic heterocycles. The molecule has 2 fully saturated rings. The maximum atomic E-state index is 13.6. The largest absolute Gasteiger partial charge is 0.355 e. The molecule has 1 aliphatic heterocycles. The maximum absolute atomic E-state index is 13.6. The van der Waals surface area contributed by atoms with Crippen LogP contribution in [-0.4, -0.2) is 61.9 Å². The van der Waals surface area contributed by atoms with Gasteiger partial charge in [-0.05, 0) is 43.9 Å². The van der Waals surface area contributed by atoms with Crippen LogP contribution in [0.1, 0.15) is 48.0 Å². The van der Waals surface area contributed by atoms with E-state index < -0.39 is 0 Å². The third-order valence-corrected chi connectivity index (χ3v) is 5.91. The Bertz CT molecular complexity index is 792. The molecule has 164 valence electrons. The fourth-order valence-corrected chi connectivity index (χ4v) is 4.09. The number of guanidine groups is 1. The lowest BCUT2D eigenvalue weighted by Gasteiger charge is -2.21. The number of likely N-dealkylation sites (tertiary alicyclic amines) is 1. The zero-order chi connectivity index (χ0) is 21.5. The van der Waals surface area contributed by atoms with Crippen molar-refractivity contribution >= 4 is 17.8 Å². The second kappa shape index (κ2) is 10.4. The first-order valence-corrected chi connectivity index (χ1v) is 10.8. The zero-order valence-electron chi connectivity index (χ0n) is 17.8. The van der Waals surface area contributed by atoms with Crippen molar-refractivity contribution in [3.63, 3.8) is 0 Å². The van der Waals surface area contributed by atoms with Gasteiger partial charge in [-0.3, -0.25) is 14.6 Å². The van der Waals surface area contributed by atoms with Crippen molar-refractivity contribution in [2.75, 3.05) is 33.2 Å². The van der Waals surface area contributed by atoms with Gasteiger partial charge in [-0.15, -0.1) is 0 Å². The van der Waals surface area contributed by atoms with Crippen LogP contribution in [0, 0.1) is 18.7 Å². The van der Waals surface area contributed by atoms with Crippen molar-refractivity contribution in [3.8, 4) is 0 Å². The maximum Gasteiger partial charge on any atom is 0.251 e. The Hall–Kier alpha value is -2.64. The van der Waals surface area contributed by atoms with Crippen LogP contribution in [-0.2, 0) is 4.79 Å². The van der Waals surface area contributed by atoms with Crippen LogP contribution in [0.3, 0.4) is 0 Å². The monoisotopic (exact) mass is 417 g/mol. The molecule has 30 heavy (non-hydrogen) atoms. The Morgan fingerprint density at radius 3 is 2.60 bits per heavy atom. The SMILES string of the molecule is CN=C(NCCNC(=O)c1ccc(C)c(F)c1)NC1CCN(C(=O)C2CCCC2)C1. The molecule has 1 aromatic rings. The molecule has 0 bridgehead atoms. The molecular formula is C22H32FN5O2. The highest BCUT2D eigenvalue weighted by molar-refractivity contribution is 5.94. The number of aryl methyl sites for hydroxylation is 1. The van der Waals surface area contributed by atoms with Gasteiger partial charge in [0.05, 0.1) is 0 Å². The molecule has 2 amide bonds. The molecule has 8 heteroatoms. The molecule has 7 nitrogen and oxygen atoms in total. The number of benzene rings is 1. The van der Waals surface area contributed by atoms with E-state index in [4.69, 9.17) is 0 Å². The van der Waals surface area contributed by atoms with Gasteiger partial charge in [-0.1, -0.05) is 18.9 Å². The average Bonchev–Trinajstić information content (AvgIpc) is 3.44. The van der Waals surface area contributed by atoms with Crippen LogP contribution in [0.25, 0.3) is 0 Å². The molecule has 1 atom stereocenters. The normalized spacial score (nSPS) is 19.8. The highest BCUT2D eigenvalue weighted by Crippen LogP contribution is 2.27. The number of aliphatic imine (C=N–C) groups is 1. The van der Waals surface area contributed by atoms with Crippen molar-refractivity contribution in [1.82, 2.24) is 20.9 Å². The van der Waals surface area contributed by atoms with Crippen molar-refractivity contribution in [2.24, 2.45) is 10.9 Å². The lowest BCUT2D eigenvalue weighted by molar-refractivity contribution is -0.134. The molecule has 2 aliphatic rings. The molecule has 1 aromatic carbocycles. The summed E-state index contributed by atoms with van der Waals surface area (Å²) in [5, 5.41) is 9.29. The third kappa shape index (κ3) is 5.70. The molecule has 1 saturated carbocycles. The molecular weight excluding hydrogens is 385 g/mol. The fraction of sp³-hybridized carbons (Fsp3) is 0.591. The highest BCUT2D eigenvalue weighted by Gasteiger charge is 2.32. The molecule has 3 rings (SSSR count). The summed E-state index contributed by atoms with van der Waals surface area (Å²) in [7, 11) is 1.69. The van der Waals surface area contributed by atoms with E-state index in [0.717, 1.165) is 38.6 Å². The number of carbonyl (C=O) groups excluding carboxylic acids is 2. The van der Waals surface area contributed by atoms with Gasteiger partial charge in [0.1, 0.15) is 5.82 Å². The number of hydrogen-bond donors (Lipinski definition) is 3. The summed E-state index contributed by atoms with van der Waals surface area (Å²) in [6.07, 6.45) is 5.28. The summed E-state index contributed by atoms with van der Waals surface area (Å²) in [6, 6.07) is 4.63. The first-order valence-electron chi connectivity index (χ1n) is 10.8. The van der Waals surface area contributed by atoms with E-state index in [0.29, 0.717) is 42.6 Å². The number of rotatable bonds is 6. The minimum absolute atomic E-state index is 0.173. The first-order chi connectivity index (χ1) is 14.5. The lowest BCUT2D eigenvalue weighted by atomic mass is 10.1. The van der Waals surface area contributed by atoms with Gasteiger partial charge in [0.25, 0.3) is 5.91 Å². The van der Waals surface area contributed by atoms with Gasteiger partial charge in [-0.2, -0.15) is 0 Å². The highest BCUT2D eigenvalue weighted by atomic mass is 19.1. The van der Waals surface area contributed by atoms with Crippen LogP contribution in [0.4, 0.5) is 4.39 Å². The van der Waals surface area contributed by atoms with Gasteiger partial charge in [-0.25, -0.2) is 4.39 Å². The number of halogens is 1. The third-order valence-electron chi connectivity index (χ3n) is 5.91. The van der Waals surface area contributed by atoms with Crippen molar-refractivity contribution in [3.05, 3.63) is 35.1 Å². The van der Waals surface area contributed by atoms with E-state index in [1.807, 2.05) is 4.90 Å². The van der Waals surface area contributed by atoms with Gasteiger partial charge < -0.3 is 20.9 Å². The molecule has 1 saturated heterocycles. The lowest BCUT2D eigenvalue weighted by Crippen LogP contribution is -2.47. The summed E-state index contributed by atoms with van der Waals surface area (Å²) in [4.78, 5) is 30.9. The van der Waals surface area contributed by atoms with E-state index in [-0.39, 0.29) is 23.7 Å². The smallest absolute Gasteiger partial charge is 0.251 e. The Labute approximate surface area is 177 Å². The number of nitrogens with zero attached hydrogens (tertiary/aromatic N) is 2. The molecule has 3 N–H and O–H groups in total. The molecule has 1 heterocycles. The second-order valence-electron chi connectivity index (χ2n) is 8.11. The summed E-state index contributed by atoms with van der Waals surface area (Å²) >= 11 is 0. The Morgan fingerprint density at radius 2 is 1.90 bits per heavy atom. The van der Waals surface area contributed by atoms with Gasteiger partial charge in [0, 0.05) is 50.7 Å². The Balaban J connectivity index is 1.37. The van der Waals surface area contributed by atoms with Gasteiger partial charge >= 0.3 is 0 Å². The van der Waals surface area contributed by atoms with Gasteiger partial charge in [0.15, 0.2) is 5.96 Å². The minimum Gasteiger partial charge on any atom is -0.355 e. The summed E-state index contributed by atoms with van der Waals surface area (Å²) < 4.78 is 13.6. The Kier molecular flexibility index (Phi) is 7.65. The molecule has 1 aliphatic carbocycles. The average molecular weight is 418 g/mol. The number of hydrogen-bond acceptors (Lipinski definition) is 3. The quantitative estimate of drug-likeness (QED) is 0.374. The summed E-state index contributed by atoms with van der Waals surface area (Å²) in [6.45, 7) is 4.01. The van der Waals surface area contributed by atoms with E-state index in [1.165, 1.54) is 6.07 Å². The van der Waals surface area contributed by atoms with Gasteiger partial charge in [0.2, 0.25) is 5.91 Å². The van der Waals surface area contributed by atoms with Crippen LogP contribution >= 0.6 is 0 Å². The van der Waals surface area contributed by atoms with Crippen LogP contribution < -0.4 is 16.0 Å². The van der Waals surface area contributed by atoms with E-state index in [2.05, 4.69) is 20.9 Å². The number of carbonyl (C=O) groups is 2. The Morgan fingerprint density at radius 1 is 1.17 bits per heavy atom. The second-order valence-corrected chi connectivity index (χ2v) is 8.11. The van der Waals surface area contributed by atoms with E-state index in [1.54, 1.807) is 26.1 Å². The number of nitrogens with one attached hydrogen (secondary N) is 3. The van der Waals surface area contributed by atoms with Crippen LogP contribution in [0.5, 0.6) is 0 Å². The first kappa shape index (κ1) is 22.1. The molecule has 1 unspecified atom stereocenters. The molecule has 0 radical (unpaired) electrons. The predicted molar refractivity (Wildman–Crippen MR) is 115 cm³/mol. The number of amides is 2. The van der Waals surface area contributed by atoms with Crippen molar-refractivity contribution in [2.45, 2.75) is 45.1 Å². The minimum atomic E-state index is -0.387. The fourth-order valence-electron chi connectivity index (χ4n) is 4.09. The van der Waals surface area contributed by atoms with Crippen molar-refractivity contribution in [1.29, 1.82) is 0 Å². The van der Waals surface area contributed by atoms with E-state index >= 15 is 0 Å².